The molecule has 6 heteroatoms. The lowest BCUT2D eigenvalue weighted by molar-refractivity contribution is 0.602. The predicted molar refractivity (Wildman–Crippen MR) is 60.0 cm³/mol. The standard InChI is InChI=1S/C8H7NO2S3/c1-14(10,11)5-2-3-7-6(4-5)9-8(12)13-7/h2-4H,1H3,(H,9,12). The second kappa shape index (κ2) is 3.22. The van der Waals surface area contributed by atoms with E-state index in [1.807, 2.05) is 0 Å². The van der Waals surface area contributed by atoms with E-state index < -0.39 is 9.84 Å². The van der Waals surface area contributed by atoms with E-state index >= 15 is 0 Å². The third kappa shape index (κ3) is 1.77. The molecule has 0 N–H and O–H groups in total. The molecular weight excluding hydrogens is 238 g/mol. The summed E-state index contributed by atoms with van der Waals surface area (Å²) < 4.78 is 24.1. The summed E-state index contributed by atoms with van der Waals surface area (Å²) >= 11 is 5.54. The van der Waals surface area contributed by atoms with E-state index in [0.29, 0.717) is 14.8 Å². The molecule has 1 heterocycles. The second-order valence-electron chi connectivity index (χ2n) is 2.90. The van der Waals surface area contributed by atoms with Crippen LogP contribution in [-0.2, 0) is 9.84 Å². The zero-order valence-corrected chi connectivity index (χ0v) is 9.79. The summed E-state index contributed by atoms with van der Waals surface area (Å²) in [6, 6.07) is 4.91. The Kier molecular flexibility index (Phi) is 2.29. The molecule has 0 aliphatic rings. The van der Waals surface area contributed by atoms with E-state index in [4.69, 9.17) is 0 Å². The number of thiazole rings is 1. The number of hydrogen-bond acceptors (Lipinski definition) is 5. The zero-order chi connectivity index (χ0) is 10.3. The highest BCUT2D eigenvalue weighted by Crippen LogP contribution is 2.26. The SMILES string of the molecule is CS(=O)(=O)c1ccc2sc(S)nc2c1. The van der Waals surface area contributed by atoms with Gasteiger partial charge in [-0.2, -0.15) is 0 Å². The number of hydrogen-bond donors (Lipinski definition) is 1. The summed E-state index contributed by atoms with van der Waals surface area (Å²) in [6.45, 7) is 0. The summed E-state index contributed by atoms with van der Waals surface area (Å²) in [5.41, 5.74) is 0.683. The summed E-state index contributed by atoms with van der Waals surface area (Å²) in [7, 11) is -3.15. The van der Waals surface area contributed by atoms with Crippen molar-refractivity contribution in [3.05, 3.63) is 18.2 Å². The Morgan fingerprint density at radius 2 is 2.14 bits per heavy atom. The van der Waals surface area contributed by atoms with Gasteiger partial charge in [0, 0.05) is 6.26 Å². The molecule has 2 aromatic rings. The fourth-order valence-corrected chi connectivity index (χ4v) is 2.86. The first-order chi connectivity index (χ1) is 6.47. The van der Waals surface area contributed by atoms with Gasteiger partial charge in [0.1, 0.15) is 4.34 Å². The molecule has 0 aliphatic carbocycles. The summed E-state index contributed by atoms with van der Waals surface area (Å²) in [5, 5.41) is 0. The van der Waals surface area contributed by atoms with E-state index in [9.17, 15) is 8.42 Å². The maximum atomic E-state index is 11.2. The Bertz CT molecular complexity index is 586. The quantitative estimate of drug-likeness (QED) is 0.782. The van der Waals surface area contributed by atoms with E-state index in [0.717, 1.165) is 4.70 Å². The van der Waals surface area contributed by atoms with Crippen molar-refractivity contribution in [1.29, 1.82) is 0 Å². The van der Waals surface area contributed by atoms with Crippen molar-refractivity contribution in [3.8, 4) is 0 Å². The number of benzene rings is 1. The van der Waals surface area contributed by atoms with Crippen LogP contribution < -0.4 is 0 Å². The number of sulfone groups is 1. The third-order valence-corrected chi connectivity index (χ3v) is 4.10. The Morgan fingerprint density at radius 1 is 1.43 bits per heavy atom. The fraction of sp³-hybridized carbons (Fsp3) is 0.125. The van der Waals surface area contributed by atoms with Crippen molar-refractivity contribution in [2.45, 2.75) is 9.24 Å². The summed E-state index contributed by atoms with van der Waals surface area (Å²) in [6.07, 6.45) is 1.18. The van der Waals surface area contributed by atoms with Crippen molar-refractivity contribution < 1.29 is 8.42 Å². The van der Waals surface area contributed by atoms with Crippen molar-refractivity contribution in [1.82, 2.24) is 4.98 Å². The normalized spacial score (nSPS) is 12.1. The Labute approximate surface area is 91.1 Å². The van der Waals surface area contributed by atoms with Gasteiger partial charge in [-0.15, -0.1) is 24.0 Å². The van der Waals surface area contributed by atoms with Crippen LogP contribution in [-0.4, -0.2) is 19.7 Å². The number of nitrogens with zero attached hydrogens (tertiary/aromatic N) is 1. The smallest absolute Gasteiger partial charge is 0.175 e. The average Bonchev–Trinajstić information content (AvgIpc) is 2.41. The lowest BCUT2D eigenvalue weighted by Crippen LogP contribution is -1.95. The molecule has 0 bridgehead atoms. The molecule has 74 valence electrons. The van der Waals surface area contributed by atoms with Crippen LogP contribution >= 0.6 is 24.0 Å². The maximum Gasteiger partial charge on any atom is 0.175 e. The molecule has 14 heavy (non-hydrogen) atoms. The lowest BCUT2D eigenvalue weighted by atomic mass is 10.3. The first-order valence-corrected chi connectivity index (χ1v) is 6.92. The van der Waals surface area contributed by atoms with Gasteiger partial charge < -0.3 is 0 Å². The molecule has 1 aromatic heterocycles. The minimum atomic E-state index is -3.15. The molecule has 3 nitrogen and oxygen atoms in total. The largest absolute Gasteiger partial charge is 0.230 e. The van der Waals surface area contributed by atoms with Crippen LogP contribution in [0.5, 0.6) is 0 Å². The molecule has 0 amide bonds. The van der Waals surface area contributed by atoms with Crippen LogP contribution in [0.2, 0.25) is 0 Å². The van der Waals surface area contributed by atoms with Crippen LogP contribution in [0.25, 0.3) is 10.2 Å². The van der Waals surface area contributed by atoms with Crippen molar-refractivity contribution in [2.75, 3.05) is 6.26 Å². The van der Waals surface area contributed by atoms with E-state index in [-0.39, 0.29) is 0 Å². The molecule has 0 radical (unpaired) electrons. The Balaban J connectivity index is 2.74. The Hall–Kier alpha value is -0.590. The van der Waals surface area contributed by atoms with Gasteiger partial charge in [0.2, 0.25) is 0 Å². The van der Waals surface area contributed by atoms with Crippen molar-refractivity contribution >= 4 is 44.0 Å². The Morgan fingerprint density at radius 3 is 2.79 bits per heavy atom. The van der Waals surface area contributed by atoms with Crippen LogP contribution in [0, 0.1) is 0 Å². The molecule has 0 saturated heterocycles. The van der Waals surface area contributed by atoms with Crippen LogP contribution in [0.15, 0.2) is 27.4 Å². The van der Waals surface area contributed by atoms with E-state index in [2.05, 4.69) is 17.6 Å². The van der Waals surface area contributed by atoms with Crippen molar-refractivity contribution in [2.24, 2.45) is 0 Å². The highest BCUT2D eigenvalue weighted by atomic mass is 32.2. The first kappa shape index (κ1) is 9.95. The second-order valence-corrected chi connectivity index (χ2v) is 6.67. The molecular formula is C8H7NO2S3. The average molecular weight is 245 g/mol. The van der Waals surface area contributed by atoms with Gasteiger partial charge in [-0.3, -0.25) is 0 Å². The van der Waals surface area contributed by atoms with Gasteiger partial charge >= 0.3 is 0 Å². The zero-order valence-electron chi connectivity index (χ0n) is 7.26. The van der Waals surface area contributed by atoms with Gasteiger partial charge in [0.15, 0.2) is 9.84 Å². The number of thiol groups is 1. The lowest BCUT2D eigenvalue weighted by Gasteiger charge is -1.96. The monoisotopic (exact) mass is 245 g/mol. The van der Waals surface area contributed by atoms with Crippen LogP contribution in [0.3, 0.4) is 0 Å². The molecule has 0 saturated carbocycles. The highest BCUT2D eigenvalue weighted by molar-refractivity contribution is 7.90. The molecule has 2 rings (SSSR count). The third-order valence-electron chi connectivity index (χ3n) is 1.78. The number of fused-ring (bicyclic) bond motifs is 1. The fourth-order valence-electron chi connectivity index (χ4n) is 1.13. The molecule has 0 unspecified atom stereocenters. The van der Waals surface area contributed by atoms with Gasteiger partial charge in [-0.1, -0.05) is 0 Å². The number of rotatable bonds is 1. The molecule has 0 spiro atoms. The minimum absolute atomic E-state index is 0.295. The van der Waals surface area contributed by atoms with E-state index in [1.165, 1.54) is 17.6 Å². The molecule has 0 fully saturated rings. The van der Waals surface area contributed by atoms with Crippen molar-refractivity contribution in [3.63, 3.8) is 0 Å². The molecule has 0 aliphatic heterocycles. The maximum absolute atomic E-state index is 11.2. The summed E-state index contributed by atoms with van der Waals surface area (Å²) in [5.74, 6) is 0. The van der Waals surface area contributed by atoms with E-state index in [1.54, 1.807) is 18.2 Å². The topological polar surface area (TPSA) is 47.0 Å². The highest BCUT2D eigenvalue weighted by Gasteiger charge is 2.09. The van der Waals surface area contributed by atoms with Crippen LogP contribution in [0.4, 0.5) is 0 Å². The van der Waals surface area contributed by atoms with Gasteiger partial charge in [0.05, 0.1) is 15.1 Å². The van der Waals surface area contributed by atoms with Gasteiger partial charge in [0.25, 0.3) is 0 Å². The minimum Gasteiger partial charge on any atom is -0.230 e. The first-order valence-electron chi connectivity index (χ1n) is 3.76. The predicted octanol–water partition coefficient (Wildman–Crippen LogP) is 1.99. The van der Waals surface area contributed by atoms with Gasteiger partial charge in [-0.25, -0.2) is 13.4 Å². The number of aromatic nitrogens is 1. The molecule has 1 aromatic carbocycles. The molecule has 0 atom stereocenters. The summed E-state index contributed by atoms with van der Waals surface area (Å²) in [4.78, 5) is 4.40. The van der Waals surface area contributed by atoms with Gasteiger partial charge in [-0.05, 0) is 18.2 Å². The van der Waals surface area contributed by atoms with Crippen LogP contribution in [0.1, 0.15) is 0 Å².